The van der Waals surface area contributed by atoms with Gasteiger partial charge in [0.2, 0.25) is 0 Å². The van der Waals surface area contributed by atoms with Crippen molar-refractivity contribution >= 4 is 10.9 Å². The summed E-state index contributed by atoms with van der Waals surface area (Å²) in [5.41, 5.74) is 3.62. The van der Waals surface area contributed by atoms with Crippen LogP contribution in [0.2, 0.25) is 0 Å². The zero-order valence-electron chi connectivity index (χ0n) is 17.6. The van der Waals surface area contributed by atoms with Gasteiger partial charge in [0.15, 0.2) is 0 Å². The molecule has 2 saturated heterocycles. The summed E-state index contributed by atoms with van der Waals surface area (Å²) in [6.45, 7) is 5.68. The van der Waals surface area contributed by atoms with Gasteiger partial charge in [-0.05, 0) is 69.6 Å². The number of likely N-dealkylation sites (tertiary alicyclic amines) is 2. The van der Waals surface area contributed by atoms with E-state index in [4.69, 9.17) is 4.98 Å². The summed E-state index contributed by atoms with van der Waals surface area (Å²) in [4.78, 5) is 10.1. The maximum atomic E-state index is 14.4. The molecule has 0 radical (unpaired) electrons. The highest BCUT2D eigenvalue weighted by atomic mass is 19.1. The first kappa shape index (κ1) is 19.7. The van der Waals surface area contributed by atoms with Crippen LogP contribution in [0.15, 0.2) is 54.6 Å². The lowest BCUT2D eigenvalue weighted by Crippen LogP contribution is -2.46. The summed E-state index contributed by atoms with van der Waals surface area (Å²) in [5.74, 6) is -0.251. The second-order valence-corrected chi connectivity index (χ2v) is 8.78. The largest absolute Gasteiger partial charge is 0.300 e. The number of hydrogen-bond acceptors (Lipinski definition) is 3. The fourth-order valence-electron chi connectivity index (χ4n) is 5.14. The number of halogens is 1. The Morgan fingerprint density at radius 3 is 2.40 bits per heavy atom. The third kappa shape index (κ3) is 4.12. The molecule has 2 aliphatic rings. The maximum absolute atomic E-state index is 14.4. The molecule has 5 rings (SSSR count). The molecule has 3 nitrogen and oxygen atoms in total. The molecule has 2 aliphatic heterocycles. The standard InChI is InChI=1S/C26H30FN3/c27-24-11-7-10-21-18-22(25(28-26(21)24)20-8-3-1-4-9-20)19-29-16-12-23(13-17-29)30-14-5-2-6-15-30/h1,3-4,7-11,18,23H,2,5-6,12-17,19H2. The van der Waals surface area contributed by atoms with Crippen LogP contribution in [-0.4, -0.2) is 47.0 Å². The molecule has 3 aromatic rings. The first-order valence-electron chi connectivity index (χ1n) is 11.4. The summed E-state index contributed by atoms with van der Waals surface area (Å²) in [6, 6.07) is 18.3. The predicted octanol–water partition coefficient (Wildman–Crippen LogP) is 5.49. The average Bonchev–Trinajstić information content (AvgIpc) is 2.81. The van der Waals surface area contributed by atoms with E-state index < -0.39 is 0 Å². The van der Waals surface area contributed by atoms with Crippen LogP contribution >= 0.6 is 0 Å². The zero-order valence-corrected chi connectivity index (χ0v) is 17.6. The van der Waals surface area contributed by atoms with Crippen molar-refractivity contribution in [3.63, 3.8) is 0 Å². The van der Waals surface area contributed by atoms with Gasteiger partial charge in [-0.1, -0.05) is 48.9 Å². The molecule has 0 amide bonds. The fraction of sp³-hybridized carbons (Fsp3) is 0.423. The van der Waals surface area contributed by atoms with Crippen molar-refractivity contribution in [3.05, 3.63) is 66.0 Å². The predicted molar refractivity (Wildman–Crippen MR) is 121 cm³/mol. The Labute approximate surface area is 178 Å². The van der Waals surface area contributed by atoms with Crippen molar-refractivity contribution < 1.29 is 4.39 Å². The normalized spacial score (nSPS) is 19.4. The van der Waals surface area contributed by atoms with Crippen molar-refractivity contribution in [2.24, 2.45) is 0 Å². The molecular formula is C26H30FN3. The number of pyridine rings is 1. The molecule has 2 aromatic carbocycles. The van der Waals surface area contributed by atoms with Crippen LogP contribution in [-0.2, 0) is 6.54 Å². The molecule has 1 aromatic heterocycles. The molecule has 30 heavy (non-hydrogen) atoms. The van der Waals surface area contributed by atoms with Gasteiger partial charge in [-0.2, -0.15) is 0 Å². The van der Waals surface area contributed by atoms with E-state index in [1.54, 1.807) is 6.07 Å². The molecule has 0 N–H and O–H groups in total. The third-order valence-electron chi connectivity index (χ3n) is 6.78. The van der Waals surface area contributed by atoms with Crippen LogP contribution in [0.25, 0.3) is 22.2 Å². The molecular weight excluding hydrogens is 373 g/mol. The van der Waals surface area contributed by atoms with Gasteiger partial charge in [-0.3, -0.25) is 4.90 Å². The van der Waals surface area contributed by atoms with Crippen molar-refractivity contribution in [2.45, 2.75) is 44.7 Å². The second-order valence-electron chi connectivity index (χ2n) is 8.78. The van der Waals surface area contributed by atoms with Gasteiger partial charge in [0, 0.05) is 23.5 Å². The number of piperidine rings is 2. The van der Waals surface area contributed by atoms with Crippen LogP contribution < -0.4 is 0 Å². The number of rotatable bonds is 4. The molecule has 0 spiro atoms. The van der Waals surface area contributed by atoms with Gasteiger partial charge >= 0.3 is 0 Å². The van der Waals surface area contributed by atoms with Crippen molar-refractivity contribution in [2.75, 3.05) is 26.2 Å². The molecule has 0 aliphatic carbocycles. The Kier molecular flexibility index (Phi) is 5.78. The van der Waals surface area contributed by atoms with Crippen LogP contribution in [0.5, 0.6) is 0 Å². The second kappa shape index (κ2) is 8.83. The van der Waals surface area contributed by atoms with E-state index >= 15 is 0 Å². The van der Waals surface area contributed by atoms with Crippen molar-refractivity contribution in [1.82, 2.24) is 14.8 Å². The van der Waals surface area contributed by atoms with E-state index in [2.05, 4.69) is 28.0 Å². The summed E-state index contributed by atoms with van der Waals surface area (Å²) >= 11 is 0. The van der Waals surface area contributed by atoms with Crippen molar-refractivity contribution in [3.8, 4) is 11.3 Å². The lowest BCUT2D eigenvalue weighted by molar-refractivity contribution is 0.0897. The number of para-hydroxylation sites is 1. The summed E-state index contributed by atoms with van der Waals surface area (Å²) in [5, 5.41) is 0.882. The smallest absolute Gasteiger partial charge is 0.149 e. The Morgan fingerprint density at radius 2 is 1.63 bits per heavy atom. The van der Waals surface area contributed by atoms with Gasteiger partial charge in [0.25, 0.3) is 0 Å². The number of fused-ring (bicyclic) bond motifs is 1. The lowest BCUT2D eigenvalue weighted by atomic mass is 9.98. The number of aromatic nitrogens is 1. The molecule has 3 heterocycles. The van der Waals surface area contributed by atoms with Gasteiger partial charge in [0.1, 0.15) is 11.3 Å². The Morgan fingerprint density at radius 1 is 0.867 bits per heavy atom. The molecule has 0 saturated carbocycles. The molecule has 156 valence electrons. The molecule has 4 heteroatoms. The first-order chi connectivity index (χ1) is 14.8. The van der Waals surface area contributed by atoms with Gasteiger partial charge in [0.05, 0.1) is 5.69 Å². The Hall–Kier alpha value is -2.30. The minimum atomic E-state index is -0.251. The van der Waals surface area contributed by atoms with E-state index in [1.807, 2.05) is 24.3 Å². The van der Waals surface area contributed by atoms with E-state index in [1.165, 1.54) is 56.8 Å². The van der Waals surface area contributed by atoms with Crippen LogP contribution in [0.1, 0.15) is 37.7 Å². The van der Waals surface area contributed by atoms with Gasteiger partial charge in [-0.15, -0.1) is 0 Å². The van der Waals surface area contributed by atoms with Crippen LogP contribution in [0, 0.1) is 5.82 Å². The molecule has 2 fully saturated rings. The SMILES string of the molecule is Fc1cccc2cc(CN3CCC(N4CCCCC4)CC3)c(-c3ccccc3)nc12. The Balaban J connectivity index is 1.38. The molecule has 0 unspecified atom stereocenters. The number of benzene rings is 2. The van der Waals surface area contributed by atoms with Crippen molar-refractivity contribution in [1.29, 1.82) is 0 Å². The van der Waals surface area contributed by atoms with E-state index in [9.17, 15) is 4.39 Å². The van der Waals surface area contributed by atoms with E-state index in [-0.39, 0.29) is 5.82 Å². The lowest BCUT2D eigenvalue weighted by Gasteiger charge is -2.40. The maximum Gasteiger partial charge on any atom is 0.149 e. The van der Waals surface area contributed by atoms with Crippen LogP contribution in [0.4, 0.5) is 4.39 Å². The number of nitrogens with zero attached hydrogens (tertiary/aromatic N) is 3. The highest BCUT2D eigenvalue weighted by molar-refractivity contribution is 5.83. The monoisotopic (exact) mass is 403 g/mol. The average molecular weight is 404 g/mol. The van der Waals surface area contributed by atoms with E-state index in [0.717, 1.165) is 42.3 Å². The first-order valence-corrected chi connectivity index (χ1v) is 11.4. The Bertz CT molecular complexity index is 990. The zero-order chi connectivity index (χ0) is 20.3. The molecule has 0 atom stereocenters. The number of hydrogen-bond donors (Lipinski definition) is 0. The minimum Gasteiger partial charge on any atom is -0.300 e. The summed E-state index contributed by atoms with van der Waals surface area (Å²) in [6.07, 6.45) is 6.61. The van der Waals surface area contributed by atoms with Crippen LogP contribution in [0.3, 0.4) is 0 Å². The quantitative estimate of drug-likeness (QED) is 0.574. The summed E-state index contributed by atoms with van der Waals surface area (Å²) in [7, 11) is 0. The topological polar surface area (TPSA) is 19.4 Å². The highest BCUT2D eigenvalue weighted by Gasteiger charge is 2.26. The van der Waals surface area contributed by atoms with Gasteiger partial charge < -0.3 is 4.90 Å². The summed E-state index contributed by atoms with van der Waals surface area (Å²) < 4.78 is 14.4. The fourth-order valence-corrected chi connectivity index (χ4v) is 5.14. The third-order valence-corrected chi connectivity index (χ3v) is 6.78. The highest BCUT2D eigenvalue weighted by Crippen LogP contribution is 2.29. The van der Waals surface area contributed by atoms with Gasteiger partial charge in [-0.25, -0.2) is 9.37 Å². The minimum absolute atomic E-state index is 0.251. The molecule has 0 bridgehead atoms. The van der Waals surface area contributed by atoms with E-state index in [0.29, 0.717) is 5.52 Å².